The highest BCUT2D eigenvalue weighted by Crippen LogP contribution is 2.43. The Morgan fingerprint density at radius 3 is 2.12 bits per heavy atom. The van der Waals surface area contributed by atoms with Crippen molar-refractivity contribution in [1.82, 2.24) is 0 Å². The minimum atomic E-state index is -1.92. The highest BCUT2D eigenvalue weighted by Gasteiger charge is 2.46. The maximum absolute atomic E-state index is 9.05. The number of nitrogens with zero attached hydrogens (tertiary/aromatic N) is 3. The summed E-state index contributed by atoms with van der Waals surface area (Å²) in [5.41, 5.74) is 12.0. The molecule has 0 aliphatic carbocycles. The monoisotopic (exact) mass is 493 g/mol. The zero-order valence-electron chi connectivity index (χ0n) is 23.3. The number of allylic oxidation sites excluding steroid dienone is 3. The summed E-state index contributed by atoms with van der Waals surface area (Å²) in [7, 11) is -1.92. The normalized spacial score (nSPS) is 18.0. The van der Waals surface area contributed by atoms with Crippen molar-refractivity contribution < 1.29 is 13.9 Å². The Hall–Kier alpha value is -1.11. The second-order valence-electron chi connectivity index (χ2n) is 10.9. The molecule has 0 aromatic rings. The van der Waals surface area contributed by atoms with Crippen molar-refractivity contribution in [2.75, 3.05) is 13.2 Å². The van der Waals surface area contributed by atoms with Gasteiger partial charge in [-0.3, -0.25) is 0 Å². The lowest BCUT2D eigenvalue weighted by molar-refractivity contribution is -0.169. The molecule has 6 nitrogen and oxygen atoms in total. The Labute approximate surface area is 210 Å². The van der Waals surface area contributed by atoms with Crippen molar-refractivity contribution in [3.05, 3.63) is 34.2 Å². The SMILES string of the molecule is CC[C@@H](/C=C\CCC1(C[C@H](CCC=C(C)C)N=[N+]=[N-])OCCO1)O[Si](C(C)C)(C(C)C)C(C)C. The average molecular weight is 494 g/mol. The van der Waals surface area contributed by atoms with E-state index in [4.69, 9.17) is 19.4 Å². The van der Waals surface area contributed by atoms with E-state index in [9.17, 15) is 0 Å². The molecule has 196 valence electrons. The van der Waals surface area contributed by atoms with Crippen molar-refractivity contribution in [2.24, 2.45) is 5.11 Å². The first-order valence-electron chi connectivity index (χ1n) is 13.3. The summed E-state index contributed by atoms with van der Waals surface area (Å²) in [6.07, 6.45) is 11.7. The van der Waals surface area contributed by atoms with Crippen LogP contribution in [0.4, 0.5) is 0 Å². The number of hydrogen-bond donors (Lipinski definition) is 0. The van der Waals surface area contributed by atoms with Gasteiger partial charge in [-0.15, -0.1) is 0 Å². The van der Waals surface area contributed by atoms with Crippen molar-refractivity contribution in [2.45, 2.75) is 135 Å². The molecule has 0 N–H and O–H groups in total. The van der Waals surface area contributed by atoms with Gasteiger partial charge in [0.25, 0.3) is 0 Å². The lowest BCUT2D eigenvalue weighted by atomic mass is 9.97. The third-order valence-electron chi connectivity index (χ3n) is 7.14. The van der Waals surface area contributed by atoms with Gasteiger partial charge in [0.2, 0.25) is 8.32 Å². The second kappa shape index (κ2) is 15.1. The van der Waals surface area contributed by atoms with Crippen LogP contribution in [-0.4, -0.2) is 39.5 Å². The van der Waals surface area contributed by atoms with Crippen LogP contribution in [0.15, 0.2) is 28.9 Å². The summed E-state index contributed by atoms with van der Waals surface area (Å²) in [6.45, 7) is 21.6. The Morgan fingerprint density at radius 2 is 1.65 bits per heavy atom. The Kier molecular flexibility index (Phi) is 13.7. The first-order chi connectivity index (χ1) is 16.0. The lowest BCUT2D eigenvalue weighted by Gasteiger charge is -2.44. The Balaban J connectivity index is 2.83. The van der Waals surface area contributed by atoms with Crippen LogP contribution in [0.5, 0.6) is 0 Å². The van der Waals surface area contributed by atoms with E-state index in [1.807, 2.05) is 0 Å². The van der Waals surface area contributed by atoms with Crippen LogP contribution in [0.3, 0.4) is 0 Å². The summed E-state index contributed by atoms with van der Waals surface area (Å²) in [5, 5.41) is 4.05. The molecule has 1 fully saturated rings. The maximum Gasteiger partial charge on any atom is 0.201 e. The third kappa shape index (κ3) is 9.16. The van der Waals surface area contributed by atoms with Crippen molar-refractivity contribution in [3.8, 4) is 0 Å². The van der Waals surface area contributed by atoms with Crippen LogP contribution >= 0.6 is 0 Å². The molecule has 1 rings (SSSR count). The van der Waals surface area contributed by atoms with Gasteiger partial charge in [0.1, 0.15) is 0 Å². The Morgan fingerprint density at radius 1 is 1.06 bits per heavy atom. The van der Waals surface area contributed by atoms with E-state index in [0.717, 1.165) is 32.1 Å². The van der Waals surface area contributed by atoms with Crippen molar-refractivity contribution in [1.29, 1.82) is 0 Å². The van der Waals surface area contributed by atoms with Crippen LogP contribution in [0.1, 0.15) is 101 Å². The summed E-state index contributed by atoms with van der Waals surface area (Å²) in [4.78, 5) is 3.08. The number of rotatable bonds is 16. The van der Waals surface area contributed by atoms with Crippen LogP contribution in [-0.2, 0) is 13.9 Å². The second-order valence-corrected chi connectivity index (χ2v) is 16.3. The topological polar surface area (TPSA) is 76.5 Å². The molecule has 7 heteroatoms. The summed E-state index contributed by atoms with van der Waals surface area (Å²) in [5.74, 6) is -0.664. The van der Waals surface area contributed by atoms with Gasteiger partial charge in [-0.05, 0) is 61.7 Å². The minimum absolute atomic E-state index is 0.135. The predicted octanol–water partition coefficient (Wildman–Crippen LogP) is 8.85. The van der Waals surface area contributed by atoms with E-state index < -0.39 is 14.1 Å². The molecule has 0 amide bonds. The molecule has 1 saturated heterocycles. The number of ether oxygens (including phenoxy) is 2. The molecule has 2 atom stereocenters. The van der Waals surface area contributed by atoms with E-state index in [1.54, 1.807) is 0 Å². The predicted molar refractivity (Wildman–Crippen MR) is 145 cm³/mol. The van der Waals surface area contributed by atoms with Gasteiger partial charge in [-0.2, -0.15) is 0 Å². The van der Waals surface area contributed by atoms with Gasteiger partial charge in [0.15, 0.2) is 5.79 Å². The molecule has 0 saturated carbocycles. The molecule has 0 bridgehead atoms. The van der Waals surface area contributed by atoms with E-state index in [1.165, 1.54) is 5.57 Å². The zero-order chi connectivity index (χ0) is 25.8. The molecule has 0 spiro atoms. The maximum atomic E-state index is 9.05. The van der Waals surface area contributed by atoms with Gasteiger partial charge in [0.05, 0.1) is 19.3 Å². The fourth-order valence-electron chi connectivity index (χ4n) is 5.54. The van der Waals surface area contributed by atoms with Crippen LogP contribution < -0.4 is 0 Å². The molecule has 1 heterocycles. The van der Waals surface area contributed by atoms with E-state index in [2.05, 4.69) is 90.6 Å². The number of hydrogen-bond acceptors (Lipinski definition) is 4. The summed E-state index contributed by atoms with van der Waals surface area (Å²) in [6, 6.07) is -0.135. The third-order valence-corrected chi connectivity index (χ3v) is 13.3. The highest BCUT2D eigenvalue weighted by molar-refractivity contribution is 6.77. The molecule has 0 unspecified atom stereocenters. The Bertz CT molecular complexity index is 667. The molecule has 0 aromatic carbocycles. The highest BCUT2D eigenvalue weighted by atomic mass is 28.4. The summed E-state index contributed by atoms with van der Waals surface area (Å²) < 4.78 is 19.1. The van der Waals surface area contributed by atoms with Crippen molar-refractivity contribution in [3.63, 3.8) is 0 Å². The fraction of sp³-hybridized carbons (Fsp3) is 0.852. The standard InChI is InChI=1S/C27H51N3O3Si/c1-10-26(33-34(22(4)5,23(6)7)24(8)9)16-11-12-17-27(31-18-19-32-27)20-25(29-30-28)15-13-14-21(2)3/h11,14,16,22-26H,10,12-13,15,17-20H2,1-9H3/b16-11-/t25-,26-/m0/s1. The van der Waals surface area contributed by atoms with Gasteiger partial charge in [-0.25, -0.2) is 0 Å². The molecular weight excluding hydrogens is 442 g/mol. The van der Waals surface area contributed by atoms with Crippen LogP contribution in [0, 0.1) is 0 Å². The molecule has 1 aliphatic heterocycles. The molecule has 34 heavy (non-hydrogen) atoms. The average Bonchev–Trinajstić information content (AvgIpc) is 3.20. The van der Waals surface area contributed by atoms with Gasteiger partial charge in [-0.1, -0.05) is 77.4 Å². The van der Waals surface area contributed by atoms with Gasteiger partial charge < -0.3 is 13.9 Å². The molecule has 0 radical (unpaired) electrons. The van der Waals surface area contributed by atoms with Crippen molar-refractivity contribution >= 4 is 8.32 Å². The molecular formula is C27H51N3O3Si. The first kappa shape index (κ1) is 30.9. The smallest absolute Gasteiger partial charge is 0.201 e. The van der Waals surface area contributed by atoms with Crippen LogP contribution in [0.25, 0.3) is 10.4 Å². The van der Waals surface area contributed by atoms with E-state index in [-0.39, 0.29) is 12.1 Å². The van der Waals surface area contributed by atoms with Gasteiger partial charge in [0, 0.05) is 23.8 Å². The van der Waals surface area contributed by atoms with E-state index in [0.29, 0.717) is 36.3 Å². The fourth-order valence-corrected chi connectivity index (χ4v) is 11.1. The lowest BCUT2D eigenvalue weighted by Crippen LogP contribution is -2.49. The van der Waals surface area contributed by atoms with Gasteiger partial charge >= 0.3 is 0 Å². The number of azide groups is 1. The molecule has 0 aromatic heterocycles. The minimum Gasteiger partial charge on any atom is -0.410 e. The first-order valence-corrected chi connectivity index (χ1v) is 15.5. The van der Waals surface area contributed by atoms with Crippen LogP contribution in [0.2, 0.25) is 16.6 Å². The quantitative estimate of drug-likeness (QED) is 0.0708. The van der Waals surface area contributed by atoms with E-state index >= 15 is 0 Å². The molecule has 1 aliphatic rings. The largest absolute Gasteiger partial charge is 0.410 e. The summed E-state index contributed by atoms with van der Waals surface area (Å²) >= 11 is 0. The zero-order valence-corrected chi connectivity index (χ0v) is 24.3.